The molecule has 1 N–H and O–H groups in total. The lowest BCUT2D eigenvalue weighted by molar-refractivity contribution is -0.121. The van der Waals surface area contributed by atoms with Crippen molar-refractivity contribution in [2.45, 2.75) is 12.6 Å². The van der Waals surface area contributed by atoms with Crippen LogP contribution in [0.5, 0.6) is 0 Å². The number of hydrazone groups is 1. The third kappa shape index (κ3) is 4.02. The smallest absolute Gasteiger partial charge is 0.258 e. The first-order valence-corrected chi connectivity index (χ1v) is 7.88. The molecule has 1 heterocycles. The topological polar surface area (TPSA) is 44.5 Å². The predicted molar refractivity (Wildman–Crippen MR) is 90.5 cm³/mol. The van der Waals surface area contributed by atoms with Gasteiger partial charge in [-0.1, -0.05) is 58.4 Å². The Labute approximate surface area is 138 Å². The fourth-order valence-electron chi connectivity index (χ4n) is 2.21. The molecule has 0 aromatic heterocycles. The second-order valence-electron chi connectivity index (χ2n) is 5.22. The summed E-state index contributed by atoms with van der Waals surface area (Å²) in [6, 6.07) is 17.8. The van der Waals surface area contributed by atoms with E-state index in [9.17, 15) is 4.79 Å². The second kappa shape index (κ2) is 6.85. The van der Waals surface area contributed by atoms with Gasteiger partial charge in [0.1, 0.15) is 6.04 Å². The lowest BCUT2D eigenvalue weighted by atomic mass is 10.2. The molecular weight excluding hydrogens is 342 g/mol. The zero-order chi connectivity index (χ0) is 15.4. The molecule has 2 aromatic carbocycles. The van der Waals surface area contributed by atoms with Crippen LogP contribution in [0.25, 0.3) is 0 Å². The Kier molecular flexibility index (Phi) is 4.65. The van der Waals surface area contributed by atoms with Gasteiger partial charge in [0.2, 0.25) is 0 Å². The molecule has 0 aliphatic carbocycles. The van der Waals surface area contributed by atoms with Crippen molar-refractivity contribution in [3.63, 3.8) is 0 Å². The van der Waals surface area contributed by atoms with Gasteiger partial charge in [0.15, 0.2) is 0 Å². The number of hydrogen-bond donors (Lipinski definition) is 1. The standard InChI is InChI=1S/C17H16BrN3O/c18-15-8-6-13(7-9-15)10-19-20-17(22)16-12-21(16)11-14-4-2-1-3-5-14/h1-10,16H,11-12H2,(H,20,22). The molecule has 0 saturated carbocycles. The van der Waals surface area contributed by atoms with Crippen molar-refractivity contribution in [1.82, 2.24) is 10.3 Å². The Bertz CT molecular complexity index is 670. The summed E-state index contributed by atoms with van der Waals surface area (Å²) in [7, 11) is 0. The van der Waals surface area contributed by atoms with E-state index in [2.05, 4.69) is 43.5 Å². The van der Waals surface area contributed by atoms with Gasteiger partial charge in [-0.2, -0.15) is 5.10 Å². The summed E-state index contributed by atoms with van der Waals surface area (Å²) < 4.78 is 1.02. The second-order valence-corrected chi connectivity index (χ2v) is 6.13. The summed E-state index contributed by atoms with van der Waals surface area (Å²) in [6.07, 6.45) is 1.65. The molecule has 22 heavy (non-hydrogen) atoms. The van der Waals surface area contributed by atoms with Gasteiger partial charge < -0.3 is 0 Å². The van der Waals surface area contributed by atoms with Crippen LogP contribution in [0, 0.1) is 0 Å². The molecule has 0 bridgehead atoms. The molecule has 1 saturated heterocycles. The van der Waals surface area contributed by atoms with Gasteiger partial charge in [-0.05, 0) is 23.3 Å². The van der Waals surface area contributed by atoms with Crippen molar-refractivity contribution in [3.05, 3.63) is 70.2 Å². The van der Waals surface area contributed by atoms with E-state index in [4.69, 9.17) is 0 Å². The Hall–Kier alpha value is -1.98. The van der Waals surface area contributed by atoms with Gasteiger partial charge in [0, 0.05) is 17.6 Å². The highest BCUT2D eigenvalue weighted by Gasteiger charge is 2.39. The van der Waals surface area contributed by atoms with Crippen LogP contribution in [0.2, 0.25) is 0 Å². The summed E-state index contributed by atoms with van der Waals surface area (Å²) in [6.45, 7) is 1.59. The van der Waals surface area contributed by atoms with E-state index in [1.165, 1.54) is 5.56 Å². The van der Waals surface area contributed by atoms with Gasteiger partial charge in [-0.3, -0.25) is 9.69 Å². The molecule has 2 unspecified atom stereocenters. The minimum atomic E-state index is -0.0673. The third-order valence-electron chi connectivity index (χ3n) is 3.50. The van der Waals surface area contributed by atoms with Crippen molar-refractivity contribution >= 4 is 28.1 Å². The number of hydrogen-bond acceptors (Lipinski definition) is 3. The van der Waals surface area contributed by atoms with Crippen molar-refractivity contribution < 1.29 is 4.79 Å². The number of carbonyl (C=O) groups is 1. The average molecular weight is 358 g/mol. The summed E-state index contributed by atoms with van der Waals surface area (Å²) in [4.78, 5) is 14.1. The number of rotatable bonds is 5. The summed E-state index contributed by atoms with van der Waals surface area (Å²) in [5, 5.41) is 4.01. The van der Waals surface area contributed by atoms with E-state index in [1.54, 1.807) is 6.21 Å². The molecule has 2 aromatic rings. The molecule has 2 atom stereocenters. The van der Waals surface area contributed by atoms with Gasteiger partial charge >= 0.3 is 0 Å². The van der Waals surface area contributed by atoms with Crippen LogP contribution in [0.3, 0.4) is 0 Å². The van der Waals surface area contributed by atoms with Gasteiger partial charge in [-0.25, -0.2) is 5.43 Å². The van der Waals surface area contributed by atoms with Gasteiger partial charge in [0.05, 0.1) is 6.21 Å². The largest absolute Gasteiger partial charge is 0.284 e. The predicted octanol–water partition coefficient (Wildman–Crippen LogP) is 2.78. The quantitative estimate of drug-likeness (QED) is 0.508. The van der Waals surface area contributed by atoms with E-state index >= 15 is 0 Å². The fraction of sp³-hybridized carbons (Fsp3) is 0.176. The first kappa shape index (κ1) is 14.9. The maximum atomic E-state index is 12.0. The van der Waals surface area contributed by atoms with Crippen molar-refractivity contribution in [2.24, 2.45) is 5.10 Å². The van der Waals surface area contributed by atoms with Crippen molar-refractivity contribution in [1.29, 1.82) is 0 Å². The Morgan fingerprint density at radius 1 is 1.23 bits per heavy atom. The Balaban J connectivity index is 1.46. The van der Waals surface area contributed by atoms with E-state index in [0.29, 0.717) is 0 Å². The van der Waals surface area contributed by atoms with E-state index in [1.807, 2.05) is 42.5 Å². The minimum Gasteiger partial charge on any atom is -0.284 e. The fourth-order valence-corrected chi connectivity index (χ4v) is 2.47. The first-order chi connectivity index (χ1) is 10.7. The molecule has 112 valence electrons. The van der Waals surface area contributed by atoms with Crippen LogP contribution in [0.1, 0.15) is 11.1 Å². The van der Waals surface area contributed by atoms with Crippen LogP contribution in [-0.2, 0) is 11.3 Å². The maximum Gasteiger partial charge on any atom is 0.258 e. The van der Waals surface area contributed by atoms with E-state index in [0.717, 1.165) is 23.1 Å². The molecular formula is C17H16BrN3O. The molecule has 0 spiro atoms. The lowest BCUT2D eigenvalue weighted by Gasteiger charge is -2.03. The number of benzene rings is 2. The highest BCUT2D eigenvalue weighted by molar-refractivity contribution is 9.10. The van der Waals surface area contributed by atoms with Crippen LogP contribution >= 0.6 is 15.9 Å². The molecule has 1 aliphatic heterocycles. The Morgan fingerprint density at radius 3 is 2.68 bits per heavy atom. The monoisotopic (exact) mass is 357 g/mol. The zero-order valence-electron chi connectivity index (χ0n) is 11.9. The number of carbonyl (C=O) groups excluding carboxylic acids is 1. The molecule has 1 aliphatic rings. The van der Waals surface area contributed by atoms with E-state index in [-0.39, 0.29) is 11.9 Å². The highest BCUT2D eigenvalue weighted by atomic mass is 79.9. The molecule has 3 rings (SSSR count). The van der Waals surface area contributed by atoms with Crippen LogP contribution in [0.15, 0.2) is 64.2 Å². The molecule has 1 fully saturated rings. The van der Waals surface area contributed by atoms with Crippen molar-refractivity contribution in [2.75, 3.05) is 6.54 Å². The number of halogens is 1. The summed E-state index contributed by atoms with van der Waals surface area (Å²) in [5.74, 6) is -0.0516. The zero-order valence-corrected chi connectivity index (χ0v) is 13.5. The van der Waals surface area contributed by atoms with Crippen LogP contribution < -0.4 is 5.43 Å². The molecule has 4 nitrogen and oxygen atoms in total. The SMILES string of the molecule is O=C(NN=Cc1ccc(Br)cc1)C1CN1Cc1ccccc1. The summed E-state index contributed by atoms with van der Waals surface area (Å²) in [5.41, 5.74) is 4.76. The highest BCUT2D eigenvalue weighted by Crippen LogP contribution is 2.20. The summed E-state index contributed by atoms with van der Waals surface area (Å²) >= 11 is 3.38. The van der Waals surface area contributed by atoms with Crippen LogP contribution in [-0.4, -0.2) is 29.6 Å². The molecule has 1 amide bonds. The van der Waals surface area contributed by atoms with Gasteiger partial charge in [0.25, 0.3) is 5.91 Å². The van der Waals surface area contributed by atoms with Gasteiger partial charge in [-0.15, -0.1) is 0 Å². The Morgan fingerprint density at radius 2 is 1.95 bits per heavy atom. The first-order valence-electron chi connectivity index (χ1n) is 7.09. The maximum absolute atomic E-state index is 12.0. The minimum absolute atomic E-state index is 0.0516. The number of nitrogens with one attached hydrogen (secondary N) is 1. The molecule has 0 radical (unpaired) electrons. The number of amides is 1. The van der Waals surface area contributed by atoms with E-state index < -0.39 is 0 Å². The lowest BCUT2D eigenvalue weighted by Crippen LogP contribution is -2.25. The third-order valence-corrected chi connectivity index (χ3v) is 4.03. The average Bonchev–Trinajstić information content (AvgIpc) is 3.29. The normalized spacial score (nSPS) is 20.0. The number of nitrogens with zero attached hydrogens (tertiary/aromatic N) is 2. The van der Waals surface area contributed by atoms with Crippen molar-refractivity contribution in [3.8, 4) is 0 Å². The molecule has 5 heteroatoms. The van der Waals surface area contributed by atoms with Crippen LogP contribution in [0.4, 0.5) is 0 Å².